The van der Waals surface area contributed by atoms with Crippen LogP contribution >= 0.6 is 0 Å². The average Bonchev–Trinajstić information content (AvgIpc) is 2.31. The van der Waals surface area contributed by atoms with Crippen molar-refractivity contribution < 1.29 is 14.7 Å². The molecule has 0 aliphatic heterocycles. The molecule has 0 aromatic rings. The predicted octanol–water partition coefficient (Wildman–Crippen LogP) is 0.960. The highest BCUT2D eigenvalue weighted by Gasteiger charge is 2.05. The van der Waals surface area contributed by atoms with Crippen LogP contribution in [-0.2, 0) is 9.59 Å². The molecule has 0 saturated carbocycles. The van der Waals surface area contributed by atoms with Gasteiger partial charge in [-0.1, -0.05) is 19.8 Å². The summed E-state index contributed by atoms with van der Waals surface area (Å²) in [7, 11) is 0. The quantitative estimate of drug-likeness (QED) is 0.511. The molecule has 1 atom stereocenters. The molecule has 0 fully saturated rings. The van der Waals surface area contributed by atoms with Crippen LogP contribution in [0.25, 0.3) is 0 Å². The van der Waals surface area contributed by atoms with Gasteiger partial charge in [0, 0.05) is 26.4 Å². The van der Waals surface area contributed by atoms with Crippen molar-refractivity contribution in [2.24, 2.45) is 0 Å². The van der Waals surface area contributed by atoms with E-state index in [4.69, 9.17) is 0 Å². The Kier molecular flexibility index (Phi) is 10.3. The lowest BCUT2D eigenvalue weighted by Crippen LogP contribution is -2.31. The average molecular weight is 258 g/mol. The van der Waals surface area contributed by atoms with E-state index in [-0.39, 0.29) is 11.8 Å². The van der Waals surface area contributed by atoms with Crippen LogP contribution in [-0.4, -0.2) is 36.1 Å². The molecule has 0 aromatic heterocycles. The van der Waals surface area contributed by atoms with Gasteiger partial charge in [-0.05, 0) is 19.3 Å². The van der Waals surface area contributed by atoms with Gasteiger partial charge < -0.3 is 15.7 Å². The van der Waals surface area contributed by atoms with Crippen molar-refractivity contribution in [2.75, 3.05) is 13.1 Å². The van der Waals surface area contributed by atoms with Crippen molar-refractivity contribution >= 4 is 11.8 Å². The maximum absolute atomic E-state index is 11.4. The highest BCUT2D eigenvalue weighted by atomic mass is 16.3. The van der Waals surface area contributed by atoms with E-state index in [0.29, 0.717) is 19.5 Å². The van der Waals surface area contributed by atoms with Crippen LogP contribution in [0.1, 0.15) is 52.4 Å². The van der Waals surface area contributed by atoms with Crippen LogP contribution in [0.2, 0.25) is 0 Å². The largest absolute Gasteiger partial charge is 0.391 e. The first-order valence-corrected chi connectivity index (χ1v) is 6.75. The number of amides is 2. The lowest BCUT2D eigenvalue weighted by molar-refractivity contribution is -0.122. The zero-order valence-electron chi connectivity index (χ0n) is 11.5. The van der Waals surface area contributed by atoms with E-state index in [1.54, 1.807) is 0 Å². The second-order valence-electron chi connectivity index (χ2n) is 4.54. The Morgan fingerprint density at radius 1 is 1.17 bits per heavy atom. The minimum Gasteiger partial charge on any atom is -0.391 e. The molecule has 0 aromatic carbocycles. The summed E-state index contributed by atoms with van der Waals surface area (Å²) in [5, 5.41) is 14.9. The van der Waals surface area contributed by atoms with Gasteiger partial charge in [-0.3, -0.25) is 9.59 Å². The van der Waals surface area contributed by atoms with Crippen molar-refractivity contribution in [3.05, 3.63) is 0 Å². The summed E-state index contributed by atoms with van der Waals surface area (Å²) >= 11 is 0. The standard InChI is InChI=1S/C13H26N2O3/c1-3-7-12(17)10-15-13(18)8-5-4-6-9-14-11(2)16/h12,17H,3-10H2,1-2H3,(H,14,16)(H,15,18). The van der Waals surface area contributed by atoms with Gasteiger partial charge in [-0.25, -0.2) is 0 Å². The Hall–Kier alpha value is -1.10. The summed E-state index contributed by atoms with van der Waals surface area (Å²) in [5.74, 6) is -0.0256. The monoisotopic (exact) mass is 258 g/mol. The third kappa shape index (κ3) is 11.4. The van der Waals surface area contributed by atoms with E-state index in [1.807, 2.05) is 6.92 Å². The van der Waals surface area contributed by atoms with Crippen molar-refractivity contribution in [3.63, 3.8) is 0 Å². The fourth-order valence-corrected chi connectivity index (χ4v) is 1.61. The summed E-state index contributed by atoms with van der Waals surface area (Å²) in [6.07, 6.45) is 4.32. The molecule has 0 spiro atoms. The van der Waals surface area contributed by atoms with Crippen LogP contribution in [0.15, 0.2) is 0 Å². The van der Waals surface area contributed by atoms with Gasteiger partial charge in [0.15, 0.2) is 0 Å². The third-order valence-electron chi connectivity index (χ3n) is 2.61. The molecule has 0 aliphatic rings. The molecule has 0 heterocycles. The second kappa shape index (κ2) is 11.0. The van der Waals surface area contributed by atoms with Gasteiger partial charge in [0.05, 0.1) is 6.10 Å². The zero-order chi connectivity index (χ0) is 13.8. The van der Waals surface area contributed by atoms with Gasteiger partial charge in [-0.2, -0.15) is 0 Å². The molecular formula is C13H26N2O3. The molecule has 3 N–H and O–H groups in total. The molecule has 0 radical (unpaired) electrons. The smallest absolute Gasteiger partial charge is 0.220 e. The number of aliphatic hydroxyl groups excluding tert-OH is 1. The summed E-state index contributed by atoms with van der Waals surface area (Å²) in [5.41, 5.74) is 0. The van der Waals surface area contributed by atoms with Crippen molar-refractivity contribution in [1.82, 2.24) is 10.6 Å². The highest BCUT2D eigenvalue weighted by molar-refractivity contribution is 5.75. The number of hydrogen-bond donors (Lipinski definition) is 3. The van der Waals surface area contributed by atoms with Gasteiger partial charge in [0.25, 0.3) is 0 Å². The summed E-state index contributed by atoms with van der Waals surface area (Å²) in [4.78, 5) is 22.0. The Morgan fingerprint density at radius 3 is 2.50 bits per heavy atom. The Balaban J connectivity index is 3.34. The van der Waals surface area contributed by atoms with E-state index in [9.17, 15) is 14.7 Å². The summed E-state index contributed by atoms with van der Waals surface area (Å²) in [6, 6.07) is 0. The topological polar surface area (TPSA) is 78.4 Å². The maximum atomic E-state index is 11.4. The molecule has 0 saturated heterocycles. The molecule has 106 valence electrons. The van der Waals surface area contributed by atoms with Crippen molar-refractivity contribution in [3.8, 4) is 0 Å². The van der Waals surface area contributed by atoms with Crippen LogP contribution < -0.4 is 10.6 Å². The minimum atomic E-state index is -0.432. The Labute approximate surface area is 109 Å². The highest BCUT2D eigenvalue weighted by Crippen LogP contribution is 1.99. The first kappa shape index (κ1) is 16.9. The lowest BCUT2D eigenvalue weighted by Gasteiger charge is -2.10. The molecule has 5 nitrogen and oxygen atoms in total. The first-order chi connectivity index (χ1) is 8.56. The first-order valence-electron chi connectivity index (χ1n) is 6.75. The Bertz CT molecular complexity index is 244. The summed E-state index contributed by atoms with van der Waals surface area (Å²) in [6.45, 7) is 4.51. The molecular weight excluding hydrogens is 232 g/mol. The number of nitrogens with one attached hydrogen (secondary N) is 2. The number of unbranched alkanes of at least 4 members (excludes halogenated alkanes) is 2. The van der Waals surface area contributed by atoms with Crippen LogP contribution in [0.3, 0.4) is 0 Å². The SMILES string of the molecule is CCCC(O)CNC(=O)CCCCCNC(C)=O. The van der Waals surface area contributed by atoms with Crippen LogP contribution in [0.4, 0.5) is 0 Å². The van der Waals surface area contributed by atoms with Gasteiger partial charge >= 0.3 is 0 Å². The zero-order valence-corrected chi connectivity index (χ0v) is 11.5. The van der Waals surface area contributed by atoms with Crippen molar-refractivity contribution in [1.29, 1.82) is 0 Å². The molecule has 0 bridgehead atoms. The van der Waals surface area contributed by atoms with Gasteiger partial charge in [-0.15, -0.1) is 0 Å². The number of aliphatic hydroxyl groups is 1. The van der Waals surface area contributed by atoms with Crippen molar-refractivity contribution in [2.45, 2.75) is 58.5 Å². The molecule has 18 heavy (non-hydrogen) atoms. The van der Waals surface area contributed by atoms with E-state index in [1.165, 1.54) is 6.92 Å². The molecule has 0 aliphatic carbocycles. The molecule has 5 heteroatoms. The number of hydrogen-bond acceptors (Lipinski definition) is 3. The molecule has 2 amide bonds. The molecule has 1 unspecified atom stereocenters. The van der Waals surface area contributed by atoms with E-state index in [0.717, 1.165) is 32.1 Å². The minimum absolute atomic E-state index is 0.00956. The van der Waals surface area contributed by atoms with Gasteiger partial charge in [0.1, 0.15) is 0 Å². The van der Waals surface area contributed by atoms with E-state index >= 15 is 0 Å². The lowest BCUT2D eigenvalue weighted by atomic mass is 10.1. The second-order valence-corrected chi connectivity index (χ2v) is 4.54. The Morgan fingerprint density at radius 2 is 1.89 bits per heavy atom. The fraction of sp³-hybridized carbons (Fsp3) is 0.846. The van der Waals surface area contributed by atoms with Gasteiger partial charge in [0.2, 0.25) is 11.8 Å². The normalized spacial score (nSPS) is 11.9. The molecule has 0 rings (SSSR count). The van der Waals surface area contributed by atoms with E-state index < -0.39 is 6.10 Å². The number of carbonyl (C=O) groups is 2. The van der Waals surface area contributed by atoms with Crippen LogP contribution in [0.5, 0.6) is 0 Å². The number of carbonyl (C=O) groups excluding carboxylic acids is 2. The summed E-state index contributed by atoms with van der Waals surface area (Å²) < 4.78 is 0. The van der Waals surface area contributed by atoms with E-state index in [2.05, 4.69) is 10.6 Å². The van der Waals surface area contributed by atoms with Crippen LogP contribution in [0, 0.1) is 0 Å². The fourth-order valence-electron chi connectivity index (χ4n) is 1.61. The maximum Gasteiger partial charge on any atom is 0.220 e. The third-order valence-corrected chi connectivity index (χ3v) is 2.61. The predicted molar refractivity (Wildman–Crippen MR) is 71.1 cm³/mol. The number of rotatable bonds is 10.